The van der Waals surface area contributed by atoms with Gasteiger partial charge in [0.25, 0.3) is 0 Å². The summed E-state index contributed by atoms with van der Waals surface area (Å²) in [6.07, 6.45) is 5.03. The lowest BCUT2D eigenvalue weighted by Gasteiger charge is -2.36. The van der Waals surface area contributed by atoms with E-state index < -0.39 is 48.6 Å². The van der Waals surface area contributed by atoms with E-state index >= 15 is 8.78 Å². The second-order valence-corrected chi connectivity index (χ2v) is 10.4. The van der Waals surface area contributed by atoms with Crippen molar-refractivity contribution in [3.8, 4) is 0 Å². The molecule has 7 nitrogen and oxygen atoms in total. The summed E-state index contributed by atoms with van der Waals surface area (Å²) in [5, 5.41) is 0. The molecule has 1 fully saturated rings. The average Bonchev–Trinajstić information content (AvgIpc) is 3.49. The molecule has 1 heterocycles. The molecule has 2 aliphatic rings. The van der Waals surface area contributed by atoms with Gasteiger partial charge in [0.15, 0.2) is 0 Å². The second-order valence-electron chi connectivity index (χ2n) is 8.25. The fourth-order valence-electron chi connectivity index (χ4n) is 5.01. The summed E-state index contributed by atoms with van der Waals surface area (Å²) in [6, 6.07) is 9.11. The van der Waals surface area contributed by atoms with Crippen molar-refractivity contribution in [3.63, 3.8) is 0 Å². The number of fused-ring (bicyclic) bond motifs is 2. The van der Waals surface area contributed by atoms with Crippen molar-refractivity contribution in [2.24, 2.45) is 23.7 Å². The van der Waals surface area contributed by atoms with E-state index in [0.717, 1.165) is 10.1 Å². The molecule has 1 saturated carbocycles. The first-order valence-corrected chi connectivity index (χ1v) is 12.5. The van der Waals surface area contributed by atoms with Crippen molar-refractivity contribution in [1.82, 2.24) is 4.57 Å². The number of aromatic nitrogens is 1. The SMILES string of the molecule is CCOP(=O)(OCC)C(F)(F)C1C2C=CC(C2)C1C(=O)n1c(Cc2ccccc2)coc1=O. The van der Waals surface area contributed by atoms with Crippen molar-refractivity contribution < 1.29 is 31.6 Å². The van der Waals surface area contributed by atoms with Crippen LogP contribution in [0.25, 0.3) is 0 Å². The zero-order valence-electron chi connectivity index (χ0n) is 18.4. The van der Waals surface area contributed by atoms with Gasteiger partial charge in [-0.25, -0.2) is 9.36 Å². The molecule has 4 rings (SSSR count). The predicted octanol–water partition coefficient (Wildman–Crippen LogP) is 4.97. The van der Waals surface area contributed by atoms with Crippen molar-refractivity contribution in [3.05, 3.63) is 70.6 Å². The van der Waals surface area contributed by atoms with E-state index in [4.69, 9.17) is 13.5 Å². The van der Waals surface area contributed by atoms with Crippen LogP contribution >= 0.6 is 7.60 Å². The van der Waals surface area contributed by atoms with Gasteiger partial charge >= 0.3 is 19.0 Å². The van der Waals surface area contributed by atoms with Crippen LogP contribution in [0, 0.1) is 23.7 Å². The zero-order chi connectivity index (χ0) is 23.8. The Kier molecular flexibility index (Phi) is 6.58. The predicted molar refractivity (Wildman–Crippen MR) is 116 cm³/mol. The molecule has 4 unspecified atom stereocenters. The van der Waals surface area contributed by atoms with E-state index in [-0.39, 0.29) is 25.3 Å². The Balaban J connectivity index is 1.72. The number of rotatable bonds is 9. The van der Waals surface area contributed by atoms with E-state index in [1.54, 1.807) is 12.2 Å². The highest BCUT2D eigenvalue weighted by molar-refractivity contribution is 7.55. The minimum absolute atomic E-state index is 0.215. The number of carbonyl (C=O) groups is 1. The molecule has 2 aliphatic carbocycles. The van der Waals surface area contributed by atoms with Gasteiger partial charge in [0.05, 0.1) is 30.7 Å². The Morgan fingerprint density at radius 2 is 1.79 bits per heavy atom. The van der Waals surface area contributed by atoms with Crippen LogP contribution in [0.15, 0.2) is 58.0 Å². The highest BCUT2D eigenvalue weighted by Gasteiger charge is 2.67. The number of alkyl halides is 2. The largest absolute Gasteiger partial charge is 0.426 e. The lowest BCUT2D eigenvalue weighted by molar-refractivity contribution is -0.0377. The van der Waals surface area contributed by atoms with Gasteiger partial charge in [-0.2, -0.15) is 8.78 Å². The Bertz CT molecular complexity index is 1130. The number of hydrogen-bond acceptors (Lipinski definition) is 6. The molecule has 10 heteroatoms. The highest BCUT2D eigenvalue weighted by Crippen LogP contribution is 2.70. The lowest BCUT2D eigenvalue weighted by atomic mass is 9.82. The number of nitrogens with zero attached hydrogens (tertiary/aromatic N) is 1. The van der Waals surface area contributed by atoms with Gasteiger partial charge in [0.1, 0.15) is 6.26 Å². The van der Waals surface area contributed by atoms with Gasteiger partial charge in [0.2, 0.25) is 5.91 Å². The van der Waals surface area contributed by atoms with E-state index in [1.165, 1.54) is 20.1 Å². The summed E-state index contributed by atoms with van der Waals surface area (Å²) in [6.45, 7) is 2.44. The number of allylic oxidation sites excluding steroid dienone is 2. The highest BCUT2D eigenvalue weighted by atomic mass is 31.2. The summed E-state index contributed by atoms with van der Waals surface area (Å²) in [7, 11) is -4.86. The summed E-state index contributed by atoms with van der Waals surface area (Å²) in [5.41, 5.74) is -2.83. The van der Waals surface area contributed by atoms with Crippen LogP contribution in [-0.2, 0) is 20.0 Å². The quantitative estimate of drug-likeness (QED) is 0.371. The van der Waals surface area contributed by atoms with E-state index in [0.29, 0.717) is 6.42 Å². The van der Waals surface area contributed by atoms with Crippen LogP contribution in [0.1, 0.15) is 36.3 Å². The zero-order valence-corrected chi connectivity index (χ0v) is 19.3. The molecule has 178 valence electrons. The monoisotopic (exact) mass is 481 g/mol. The molecule has 0 saturated heterocycles. The Labute approximate surface area is 189 Å². The number of carbonyl (C=O) groups excluding carboxylic acids is 1. The van der Waals surface area contributed by atoms with Crippen LogP contribution < -0.4 is 5.76 Å². The Morgan fingerprint density at radius 3 is 2.42 bits per heavy atom. The summed E-state index contributed by atoms with van der Waals surface area (Å²) in [4.78, 5) is 26.1. The summed E-state index contributed by atoms with van der Waals surface area (Å²) in [5.74, 6) is -5.82. The van der Waals surface area contributed by atoms with E-state index in [9.17, 15) is 14.2 Å². The third-order valence-corrected chi connectivity index (χ3v) is 8.55. The molecule has 0 radical (unpaired) electrons. The normalized spacial score (nSPS) is 24.5. The first kappa shape index (κ1) is 23.8. The van der Waals surface area contributed by atoms with Gasteiger partial charge in [-0.3, -0.25) is 9.36 Å². The maximum atomic E-state index is 15.8. The number of benzene rings is 1. The first-order chi connectivity index (χ1) is 15.7. The Morgan fingerprint density at radius 1 is 1.15 bits per heavy atom. The third kappa shape index (κ3) is 4.07. The minimum atomic E-state index is -4.86. The third-order valence-electron chi connectivity index (χ3n) is 6.32. The van der Waals surface area contributed by atoms with Gasteiger partial charge < -0.3 is 13.5 Å². The van der Waals surface area contributed by atoms with Crippen molar-refractivity contribution >= 4 is 13.5 Å². The maximum absolute atomic E-state index is 15.8. The van der Waals surface area contributed by atoms with Gasteiger partial charge in [-0.05, 0) is 37.7 Å². The standard InChI is InChI=1S/C23H26F2NO6P/c1-3-31-33(29,32-4-2)23(24,25)20-17-11-10-16(13-17)19(20)21(27)26-18(14-30-22(26)28)12-15-8-6-5-7-9-15/h5-11,14,16-17,19-20H,3-4,12-13H2,1-2H3. The van der Waals surface area contributed by atoms with Crippen LogP contribution in [0.2, 0.25) is 0 Å². The Hall–Kier alpha value is -2.35. The number of halogens is 2. The summed E-state index contributed by atoms with van der Waals surface area (Å²) >= 11 is 0. The van der Waals surface area contributed by atoms with Crippen LogP contribution in [0.5, 0.6) is 0 Å². The molecule has 0 spiro atoms. The molecule has 0 amide bonds. The molecule has 1 aromatic carbocycles. The fourth-order valence-corrected chi connectivity index (χ4v) is 6.83. The molecule has 33 heavy (non-hydrogen) atoms. The van der Waals surface area contributed by atoms with Gasteiger partial charge in [0, 0.05) is 6.42 Å². The number of oxazole rings is 1. The van der Waals surface area contributed by atoms with E-state index in [2.05, 4.69) is 0 Å². The van der Waals surface area contributed by atoms with Crippen molar-refractivity contribution in [2.45, 2.75) is 32.4 Å². The second kappa shape index (κ2) is 9.12. The topological polar surface area (TPSA) is 87.7 Å². The van der Waals surface area contributed by atoms with Crippen molar-refractivity contribution in [1.29, 1.82) is 0 Å². The van der Waals surface area contributed by atoms with Crippen LogP contribution in [0.4, 0.5) is 8.78 Å². The molecule has 4 atom stereocenters. The molecule has 0 aliphatic heterocycles. The smallest absolute Gasteiger partial charge is 0.416 e. The van der Waals surface area contributed by atoms with Crippen LogP contribution in [-0.4, -0.2) is 29.4 Å². The minimum Gasteiger partial charge on any atom is -0.416 e. The van der Waals surface area contributed by atoms with Crippen LogP contribution in [0.3, 0.4) is 0 Å². The maximum Gasteiger partial charge on any atom is 0.426 e. The molecule has 2 bridgehead atoms. The number of hydrogen-bond donors (Lipinski definition) is 0. The fraction of sp³-hybridized carbons (Fsp3) is 0.478. The molecule has 1 aromatic heterocycles. The molecular weight excluding hydrogens is 455 g/mol. The molecular formula is C23H26F2NO6P. The average molecular weight is 481 g/mol. The summed E-state index contributed by atoms with van der Waals surface area (Å²) < 4.78 is 60.4. The van der Waals surface area contributed by atoms with Gasteiger partial charge in [-0.1, -0.05) is 42.5 Å². The van der Waals surface area contributed by atoms with E-state index in [1.807, 2.05) is 30.3 Å². The van der Waals surface area contributed by atoms with Gasteiger partial charge in [-0.15, -0.1) is 0 Å². The lowest BCUT2D eigenvalue weighted by Crippen LogP contribution is -2.44. The molecule has 2 aromatic rings. The van der Waals surface area contributed by atoms with Crippen molar-refractivity contribution in [2.75, 3.05) is 13.2 Å². The molecule has 0 N–H and O–H groups in total. The first-order valence-electron chi connectivity index (χ1n) is 11.0.